The molecule has 0 amide bonds. The van der Waals surface area contributed by atoms with E-state index >= 15 is 0 Å². The lowest BCUT2D eigenvalue weighted by Gasteiger charge is -2.07. The van der Waals surface area contributed by atoms with Gasteiger partial charge < -0.3 is 25.4 Å². The zero-order valence-corrected chi connectivity index (χ0v) is 10.9. The van der Waals surface area contributed by atoms with Crippen LogP contribution in [0.5, 0.6) is 0 Å². The Bertz CT molecular complexity index is 775. The van der Waals surface area contributed by atoms with Gasteiger partial charge in [0.25, 0.3) is 5.56 Å². The molecule has 0 aliphatic carbocycles. The van der Waals surface area contributed by atoms with Crippen molar-refractivity contribution in [3.05, 3.63) is 45.1 Å². The van der Waals surface area contributed by atoms with Gasteiger partial charge in [-0.25, -0.2) is 14.4 Å². The Labute approximate surface area is 121 Å². The van der Waals surface area contributed by atoms with Crippen molar-refractivity contribution in [2.45, 2.75) is 12.2 Å². The van der Waals surface area contributed by atoms with Crippen LogP contribution in [0.15, 0.2) is 33.9 Å². The molecular formula is C12H12N2O8. The van der Waals surface area contributed by atoms with Gasteiger partial charge >= 0.3 is 17.6 Å². The molecule has 2 unspecified atom stereocenters. The summed E-state index contributed by atoms with van der Waals surface area (Å²) >= 11 is 0. The fraction of sp³-hybridized carbons (Fsp3) is 0.167. The normalized spacial score (nSPS) is 12.8. The van der Waals surface area contributed by atoms with Gasteiger partial charge in [-0.1, -0.05) is 12.1 Å². The third-order valence-corrected chi connectivity index (χ3v) is 2.45. The summed E-state index contributed by atoms with van der Waals surface area (Å²) in [6, 6.07) is 6.85. The minimum absolute atomic E-state index is 0.352. The molecule has 0 spiro atoms. The topological polar surface area (TPSA) is 181 Å². The Kier molecular flexibility index (Phi) is 5.55. The molecule has 1 heterocycles. The molecule has 0 aliphatic heterocycles. The maximum Gasteiger partial charge on any atom is 0.335 e. The van der Waals surface area contributed by atoms with Crippen molar-refractivity contribution in [1.29, 1.82) is 0 Å². The Morgan fingerprint density at radius 2 is 1.41 bits per heavy atom. The summed E-state index contributed by atoms with van der Waals surface area (Å²) < 4.78 is 0. The first-order valence-corrected chi connectivity index (χ1v) is 5.77. The molecule has 2 atom stereocenters. The number of hydrogen-bond acceptors (Lipinski definition) is 6. The van der Waals surface area contributed by atoms with E-state index in [0.29, 0.717) is 10.9 Å². The average Bonchev–Trinajstić information content (AvgIpc) is 2.46. The number of aromatic amines is 2. The van der Waals surface area contributed by atoms with Crippen molar-refractivity contribution in [3.8, 4) is 0 Å². The molecule has 0 saturated carbocycles. The highest BCUT2D eigenvalue weighted by molar-refractivity contribution is 5.83. The second-order valence-corrected chi connectivity index (χ2v) is 4.02. The van der Waals surface area contributed by atoms with Crippen LogP contribution in [0.1, 0.15) is 0 Å². The molecule has 22 heavy (non-hydrogen) atoms. The van der Waals surface area contributed by atoms with Gasteiger partial charge in [0.2, 0.25) is 0 Å². The third-order valence-electron chi connectivity index (χ3n) is 2.45. The average molecular weight is 312 g/mol. The third kappa shape index (κ3) is 4.26. The van der Waals surface area contributed by atoms with E-state index in [0.717, 1.165) is 0 Å². The van der Waals surface area contributed by atoms with Gasteiger partial charge in [-0.05, 0) is 12.1 Å². The zero-order chi connectivity index (χ0) is 16.9. The van der Waals surface area contributed by atoms with E-state index in [2.05, 4.69) is 9.97 Å². The smallest absolute Gasteiger partial charge is 0.335 e. The largest absolute Gasteiger partial charge is 0.479 e. The van der Waals surface area contributed by atoms with Crippen molar-refractivity contribution < 1.29 is 30.0 Å². The number of benzene rings is 1. The number of carboxylic acids is 2. The van der Waals surface area contributed by atoms with Gasteiger partial charge in [-0.15, -0.1) is 0 Å². The van der Waals surface area contributed by atoms with E-state index in [9.17, 15) is 19.2 Å². The fourth-order valence-corrected chi connectivity index (χ4v) is 1.38. The molecule has 118 valence electrons. The minimum Gasteiger partial charge on any atom is -0.479 e. The number of carbonyl (C=O) groups is 2. The number of aliphatic carboxylic acids is 2. The molecule has 0 aliphatic rings. The first-order chi connectivity index (χ1) is 10.2. The highest BCUT2D eigenvalue weighted by Crippen LogP contribution is 2.01. The van der Waals surface area contributed by atoms with E-state index in [-0.39, 0.29) is 5.56 Å². The number of fused-ring (bicyclic) bond motifs is 1. The highest BCUT2D eigenvalue weighted by Gasteiger charge is 2.29. The standard InChI is InChI=1S/C8H6N2O2.C4H6O6/c11-7-5-3-1-2-4-6(5)9-8(12)10-7;5-1(3(7)8)2(6)4(9)10/h1-4H,(H2,9,10,11,12);1-2,5-6H,(H,7,8)(H,9,10). The van der Waals surface area contributed by atoms with Crippen molar-refractivity contribution in [1.82, 2.24) is 9.97 Å². The molecule has 10 heteroatoms. The van der Waals surface area contributed by atoms with Gasteiger partial charge in [0, 0.05) is 0 Å². The van der Waals surface area contributed by atoms with Gasteiger partial charge in [-0.3, -0.25) is 9.78 Å². The van der Waals surface area contributed by atoms with E-state index in [1.807, 2.05) is 0 Å². The number of hydrogen-bond donors (Lipinski definition) is 6. The van der Waals surface area contributed by atoms with Crippen molar-refractivity contribution >= 4 is 22.8 Å². The van der Waals surface area contributed by atoms with E-state index in [1.54, 1.807) is 24.3 Å². The van der Waals surface area contributed by atoms with Crippen LogP contribution >= 0.6 is 0 Å². The quantitative estimate of drug-likeness (QED) is 0.379. The molecule has 10 nitrogen and oxygen atoms in total. The Hall–Kier alpha value is -2.98. The van der Waals surface area contributed by atoms with Gasteiger partial charge in [0.05, 0.1) is 10.9 Å². The van der Waals surface area contributed by atoms with Crippen LogP contribution in [0.25, 0.3) is 10.9 Å². The van der Waals surface area contributed by atoms with Gasteiger partial charge in [0.15, 0.2) is 12.2 Å². The maximum atomic E-state index is 11.1. The summed E-state index contributed by atoms with van der Waals surface area (Å²) in [4.78, 5) is 46.1. The van der Waals surface area contributed by atoms with Crippen molar-refractivity contribution in [2.24, 2.45) is 0 Å². The van der Waals surface area contributed by atoms with Crippen LogP contribution in [-0.4, -0.2) is 54.5 Å². The van der Waals surface area contributed by atoms with Crippen LogP contribution in [0.2, 0.25) is 0 Å². The van der Waals surface area contributed by atoms with E-state index < -0.39 is 29.8 Å². The molecule has 0 fully saturated rings. The summed E-state index contributed by atoms with van der Waals surface area (Å²) in [7, 11) is 0. The minimum atomic E-state index is -2.27. The number of H-pyrrole nitrogens is 2. The Balaban J connectivity index is 0.000000225. The lowest BCUT2D eigenvalue weighted by atomic mass is 10.2. The molecule has 2 rings (SSSR count). The molecule has 0 bridgehead atoms. The lowest BCUT2D eigenvalue weighted by molar-refractivity contribution is -0.165. The molecule has 0 radical (unpaired) electrons. The number of nitrogens with one attached hydrogen (secondary N) is 2. The van der Waals surface area contributed by atoms with Crippen LogP contribution in [0.4, 0.5) is 0 Å². The summed E-state index contributed by atoms with van der Waals surface area (Å²) in [6.45, 7) is 0. The molecule has 2 aromatic rings. The number of para-hydroxylation sites is 1. The number of carboxylic acid groups (broad SMARTS) is 2. The van der Waals surface area contributed by atoms with Crippen LogP contribution in [-0.2, 0) is 9.59 Å². The SMILES string of the molecule is O=C(O)C(O)C(O)C(=O)O.O=c1[nH]c(=O)c2ccccc2[nH]1. The first-order valence-electron chi connectivity index (χ1n) is 5.77. The Morgan fingerprint density at radius 1 is 0.909 bits per heavy atom. The maximum absolute atomic E-state index is 11.1. The van der Waals surface area contributed by atoms with Crippen molar-refractivity contribution in [2.75, 3.05) is 0 Å². The second kappa shape index (κ2) is 7.15. The van der Waals surface area contributed by atoms with Crippen LogP contribution < -0.4 is 11.2 Å². The monoisotopic (exact) mass is 312 g/mol. The highest BCUT2D eigenvalue weighted by atomic mass is 16.4. The van der Waals surface area contributed by atoms with Crippen LogP contribution in [0, 0.1) is 0 Å². The Morgan fingerprint density at radius 3 is 1.91 bits per heavy atom. The summed E-state index contributed by atoms with van der Waals surface area (Å²) in [5.74, 6) is -3.54. The summed E-state index contributed by atoms with van der Waals surface area (Å²) in [5, 5.41) is 33.0. The predicted molar refractivity (Wildman–Crippen MR) is 72.5 cm³/mol. The zero-order valence-electron chi connectivity index (χ0n) is 10.9. The summed E-state index contributed by atoms with van der Waals surface area (Å²) in [5.41, 5.74) is -0.265. The molecule has 0 saturated heterocycles. The molecule has 6 N–H and O–H groups in total. The number of aromatic nitrogens is 2. The number of rotatable bonds is 3. The molecule has 1 aromatic heterocycles. The molecular weight excluding hydrogens is 300 g/mol. The molecule has 1 aromatic carbocycles. The second-order valence-electron chi connectivity index (χ2n) is 4.02. The van der Waals surface area contributed by atoms with Crippen molar-refractivity contribution in [3.63, 3.8) is 0 Å². The lowest BCUT2D eigenvalue weighted by Crippen LogP contribution is -2.39. The van der Waals surface area contributed by atoms with E-state index in [1.165, 1.54) is 0 Å². The predicted octanol–water partition coefficient (Wildman–Crippen LogP) is -1.91. The number of aliphatic hydroxyl groups excluding tert-OH is 2. The fourth-order valence-electron chi connectivity index (χ4n) is 1.38. The van der Waals surface area contributed by atoms with Gasteiger partial charge in [0.1, 0.15) is 0 Å². The summed E-state index contributed by atoms with van der Waals surface area (Å²) in [6.07, 6.45) is -4.53. The van der Waals surface area contributed by atoms with E-state index in [4.69, 9.17) is 20.4 Å². The van der Waals surface area contributed by atoms with Crippen LogP contribution in [0.3, 0.4) is 0 Å². The first kappa shape index (κ1) is 17.1. The van der Waals surface area contributed by atoms with Gasteiger partial charge in [-0.2, -0.15) is 0 Å². The number of aliphatic hydroxyl groups is 2.